The normalized spacial score (nSPS) is 12.5. The number of anilines is 3. The summed E-state index contributed by atoms with van der Waals surface area (Å²) in [7, 11) is 0. The van der Waals surface area contributed by atoms with Crippen molar-refractivity contribution in [2.75, 3.05) is 4.90 Å². The van der Waals surface area contributed by atoms with Crippen molar-refractivity contribution in [2.45, 2.75) is 5.41 Å². The van der Waals surface area contributed by atoms with Crippen LogP contribution in [0.5, 0.6) is 0 Å². The lowest BCUT2D eigenvalue weighted by Gasteiger charge is -2.35. The molecule has 0 radical (unpaired) electrons. The Balaban J connectivity index is 1.09. The lowest BCUT2D eigenvalue weighted by atomic mass is 9.67. The van der Waals surface area contributed by atoms with Crippen LogP contribution in [0.2, 0.25) is 0 Å². The summed E-state index contributed by atoms with van der Waals surface area (Å²) in [6.07, 6.45) is 0. The Morgan fingerprint density at radius 3 is 1.56 bits per heavy atom. The fraction of sp³-hybridized carbons (Fsp3) is 0.0179. The molecular formula is C56H38N2S. The molecule has 278 valence electrons. The fourth-order valence-electron chi connectivity index (χ4n) is 9.09. The highest BCUT2D eigenvalue weighted by Gasteiger charge is 2.46. The van der Waals surface area contributed by atoms with Crippen molar-refractivity contribution in [3.8, 4) is 44.0 Å². The van der Waals surface area contributed by atoms with Crippen LogP contribution in [0.25, 0.3) is 54.2 Å². The van der Waals surface area contributed by atoms with Gasteiger partial charge >= 0.3 is 0 Å². The summed E-state index contributed by atoms with van der Waals surface area (Å²) in [5.41, 5.74) is 17.2. The minimum Gasteiger partial charge on any atom is -0.310 e. The van der Waals surface area contributed by atoms with E-state index in [0.29, 0.717) is 0 Å². The van der Waals surface area contributed by atoms with Crippen molar-refractivity contribution < 1.29 is 0 Å². The highest BCUT2D eigenvalue weighted by molar-refractivity contribution is 7.21. The number of aromatic nitrogens is 1. The van der Waals surface area contributed by atoms with E-state index in [1.807, 2.05) is 0 Å². The van der Waals surface area contributed by atoms with Gasteiger partial charge in [-0.15, -0.1) is 11.3 Å². The minimum absolute atomic E-state index is 0.508. The average molecular weight is 771 g/mol. The Kier molecular flexibility index (Phi) is 8.61. The largest absolute Gasteiger partial charge is 0.310 e. The fourth-order valence-corrected chi connectivity index (χ4v) is 10.0. The predicted molar refractivity (Wildman–Crippen MR) is 248 cm³/mol. The van der Waals surface area contributed by atoms with Crippen LogP contribution in [0.15, 0.2) is 231 Å². The molecule has 0 spiro atoms. The molecule has 1 aromatic heterocycles. The van der Waals surface area contributed by atoms with Gasteiger partial charge in [0.15, 0.2) is 0 Å². The topological polar surface area (TPSA) is 16.1 Å². The molecule has 59 heavy (non-hydrogen) atoms. The molecule has 9 aromatic carbocycles. The van der Waals surface area contributed by atoms with E-state index < -0.39 is 5.41 Å². The summed E-state index contributed by atoms with van der Waals surface area (Å²) < 4.78 is 1.16. The molecule has 10 aromatic rings. The molecule has 0 atom stereocenters. The number of rotatable bonds is 8. The Hall–Kier alpha value is -7.33. The van der Waals surface area contributed by atoms with Crippen molar-refractivity contribution in [1.82, 2.24) is 4.98 Å². The van der Waals surface area contributed by atoms with Gasteiger partial charge in [0.2, 0.25) is 0 Å². The second-order valence-electron chi connectivity index (χ2n) is 15.1. The molecule has 3 heteroatoms. The highest BCUT2D eigenvalue weighted by atomic mass is 32.1. The summed E-state index contributed by atoms with van der Waals surface area (Å²) in [4.78, 5) is 7.67. The van der Waals surface area contributed by atoms with Gasteiger partial charge in [-0.05, 0) is 98.1 Å². The molecule has 0 fully saturated rings. The molecular weight excluding hydrogens is 733 g/mol. The molecule has 0 aliphatic heterocycles. The summed E-state index contributed by atoms with van der Waals surface area (Å²) in [5, 5.41) is 1.01. The Morgan fingerprint density at radius 1 is 0.356 bits per heavy atom. The van der Waals surface area contributed by atoms with Gasteiger partial charge < -0.3 is 4.90 Å². The quantitative estimate of drug-likeness (QED) is 0.153. The zero-order valence-corrected chi connectivity index (χ0v) is 33.1. The minimum atomic E-state index is -0.508. The van der Waals surface area contributed by atoms with Crippen LogP contribution < -0.4 is 4.90 Å². The van der Waals surface area contributed by atoms with Gasteiger partial charge in [0, 0.05) is 22.6 Å². The second kappa shape index (κ2) is 14.6. The number of benzene rings is 9. The van der Waals surface area contributed by atoms with Crippen molar-refractivity contribution in [3.63, 3.8) is 0 Å². The molecule has 0 saturated carbocycles. The molecule has 1 aliphatic carbocycles. The molecule has 0 saturated heterocycles. The maximum Gasteiger partial charge on any atom is 0.124 e. The van der Waals surface area contributed by atoms with Crippen LogP contribution in [0.3, 0.4) is 0 Å². The van der Waals surface area contributed by atoms with Gasteiger partial charge in [0.1, 0.15) is 5.01 Å². The predicted octanol–water partition coefficient (Wildman–Crippen LogP) is 15.1. The van der Waals surface area contributed by atoms with E-state index in [1.54, 1.807) is 11.3 Å². The molecule has 0 N–H and O–H groups in total. The van der Waals surface area contributed by atoms with E-state index in [2.05, 4.69) is 235 Å². The SMILES string of the molecule is c1ccc(-c2ccc(-c3nc4cc(N(c5cccc(-c6ccccc6)c5)c5ccc6c(c5)C(c5ccccc5)(c5ccccc5)c5ccccc5-6)ccc4s3)cc2)cc1. The first-order valence-electron chi connectivity index (χ1n) is 20.1. The Morgan fingerprint density at radius 2 is 0.864 bits per heavy atom. The van der Waals surface area contributed by atoms with Crippen LogP contribution in [0.1, 0.15) is 22.3 Å². The first kappa shape index (κ1) is 34.9. The van der Waals surface area contributed by atoms with Crippen LogP contribution in [0, 0.1) is 0 Å². The number of hydrogen-bond acceptors (Lipinski definition) is 3. The highest BCUT2D eigenvalue weighted by Crippen LogP contribution is 2.57. The Bertz CT molecular complexity index is 3040. The summed E-state index contributed by atoms with van der Waals surface area (Å²) in [5.74, 6) is 0. The van der Waals surface area contributed by atoms with Crippen LogP contribution in [-0.4, -0.2) is 4.98 Å². The van der Waals surface area contributed by atoms with E-state index in [9.17, 15) is 0 Å². The number of fused-ring (bicyclic) bond motifs is 4. The maximum atomic E-state index is 5.26. The first-order valence-corrected chi connectivity index (χ1v) is 20.9. The van der Waals surface area contributed by atoms with E-state index in [-0.39, 0.29) is 0 Å². The average Bonchev–Trinajstić information content (AvgIpc) is 3.88. The first-order chi connectivity index (χ1) is 29.2. The van der Waals surface area contributed by atoms with Gasteiger partial charge in [-0.25, -0.2) is 4.98 Å². The molecule has 0 unspecified atom stereocenters. The number of nitrogens with zero attached hydrogens (tertiary/aromatic N) is 2. The van der Waals surface area contributed by atoms with Crippen LogP contribution in [-0.2, 0) is 5.41 Å². The van der Waals surface area contributed by atoms with Crippen molar-refractivity contribution in [2.24, 2.45) is 0 Å². The van der Waals surface area contributed by atoms with Gasteiger partial charge in [0.25, 0.3) is 0 Å². The van der Waals surface area contributed by atoms with Crippen molar-refractivity contribution >= 4 is 38.6 Å². The lowest BCUT2D eigenvalue weighted by Crippen LogP contribution is -2.28. The van der Waals surface area contributed by atoms with Crippen LogP contribution >= 0.6 is 11.3 Å². The van der Waals surface area contributed by atoms with E-state index in [0.717, 1.165) is 37.8 Å². The molecule has 0 bridgehead atoms. The third-order valence-electron chi connectivity index (χ3n) is 11.8. The summed E-state index contributed by atoms with van der Waals surface area (Å²) in [6.45, 7) is 0. The van der Waals surface area contributed by atoms with Gasteiger partial charge in [-0.3, -0.25) is 0 Å². The Labute approximate surface area is 349 Å². The zero-order valence-electron chi connectivity index (χ0n) is 32.2. The summed E-state index contributed by atoms with van der Waals surface area (Å²) in [6, 6.07) is 83.7. The number of thiazole rings is 1. The third kappa shape index (κ3) is 5.98. The monoisotopic (exact) mass is 770 g/mol. The zero-order chi connectivity index (χ0) is 39.2. The van der Waals surface area contributed by atoms with Crippen molar-refractivity contribution in [1.29, 1.82) is 0 Å². The molecule has 2 nitrogen and oxygen atoms in total. The van der Waals surface area contributed by atoms with Gasteiger partial charge in [-0.2, -0.15) is 0 Å². The van der Waals surface area contributed by atoms with E-state index >= 15 is 0 Å². The van der Waals surface area contributed by atoms with E-state index in [4.69, 9.17) is 4.98 Å². The number of hydrogen-bond donors (Lipinski definition) is 0. The second-order valence-corrected chi connectivity index (χ2v) is 16.2. The van der Waals surface area contributed by atoms with Crippen LogP contribution in [0.4, 0.5) is 17.1 Å². The van der Waals surface area contributed by atoms with Crippen molar-refractivity contribution in [3.05, 3.63) is 253 Å². The molecule has 0 amide bonds. The van der Waals surface area contributed by atoms with Gasteiger partial charge in [-0.1, -0.05) is 188 Å². The van der Waals surface area contributed by atoms with E-state index in [1.165, 1.54) is 55.6 Å². The molecule has 1 aliphatic rings. The molecule has 11 rings (SSSR count). The molecule has 1 heterocycles. The maximum absolute atomic E-state index is 5.26. The standard InChI is InChI=1S/C56H38N2S/c1-5-16-39(17-6-1)41-28-30-42(31-29-41)55-57-53-38-48(33-35-54(53)59-55)58(46-25-15-20-43(36-46)40-18-7-2-8-19-40)47-32-34-50-49-26-13-14-27-51(49)56(52(50)37-47,44-21-9-3-10-22-44)45-23-11-4-12-24-45/h1-38H. The third-order valence-corrected chi connectivity index (χ3v) is 12.9. The van der Waals surface area contributed by atoms with Gasteiger partial charge in [0.05, 0.1) is 15.6 Å². The summed E-state index contributed by atoms with van der Waals surface area (Å²) >= 11 is 1.74. The smallest absolute Gasteiger partial charge is 0.124 e. The lowest BCUT2D eigenvalue weighted by molar-refractivity contribution is 0.768.